The van der Waals surface area contributed by atoms with E-state index in [-0.39, 0.29) is 54.7 Å². The van der Waals surface area contributed by atoms with E-state index in [0.29, 0.717) is 57.7 Å². The molecule has 0 radical (unpaired) electrons. The fourth-order valence-electron chi connectivity index (χ4n) is 4.91. The van der Waals surface area contributed by atoms with E-state index in [1.165, 1.54) is 29.2 Å². The zero-order valence-electron chi connectivity index (χ0n) is 25.4. The molecule has 8 amide bonds. The topological polar surface area (TPSA) is 193 Å². The lowest BCUT2D eigenvalue weighted by Gasteiger charge is -2.16. The standard InChI is InChI=1S/C23H35N5O7S.C6H7NO2/c29-18(4-2-1-3-17-22-16(15-36-17)26-23(33)27-22)24-8-11-34-13-14-35-12-9-25-19(30)7-10-28-20(31)5-6-21(28)32;1-2-7-5(8)3-4-6(7)9/h5-6,16-17,22H,1-4,7-15H2,(H,24,29)(H,25,30)(H2,26,27,33);3-4H,2H2,1H3. The molecule has 3 atom stereocenters. The number of carbonyl (C=O) groups is 7. The van der Waals surface area contributed by atoms with Gasteiger partial charge >= 0.3 is 6.03 Å². The molecule has 0 aromatic heterocycles. The molecule has 248 valence electrons. The van der Waals surface area contributed by atoms with E-state index in [1.807, 2.05) is 11.8 Å². The van der Waals surface area contributed by atoms with Crippen LogP contribution in [0.4, 0.5) is 4.79 Å². The van der Waals surface area contributed by atoms with Crippen LogP contribution < -0.4 is 21.3 Å². The number of rotatable bonds is 18. The lowest BCUT2D eigenvalue weighted by Crippen LogP contribution is -2.36. The van der Waals surface area contributed by atoms with Gasteiger partial charge in [-0.25, -0.2) is 4.79 Å². The molecule has 0 aromatic carbocycles. The molecule has 3 unspecified atom stereocenters. The summed E-state index contributed by atoms with van der Waals surface area (Å²) in [4.78, 5) is 81.4. The van der Waals surface area contributed by atoms with Crippen molar-refractivity contribution in [3.05, 3.63) is 24.3 Å². The molecular formula is C29H42N6O9S. The summed E-state index contributed by atoms with van der Waals surface area (Å²) in [5.74, 6) is -0.519. The van der Waals surface area contributed by atoms with Gasteiger partial charge in [-0.2, -0.15) is 11.8 Å². The van der Waals surface area contributed by atoms with Crippen LogP contribution in [-0.2, 0) is 38.2 Å². The number of nitrogens with one attached hydrogen (secondary N) is 4. The van der Waals surface area contributed by atoms with Gasteiger partial charge in [0, 0.05) is 74.3 Å². The Morgan fingerprint density at radius 1 is 0.800 bits per heavy atom. The predicted molar refractivity (Wildman–Crippen MR) is 164 cm³/mol. The van der Waals surface area contributed by atoms with Crippen LogP contribution in [0.5, 0.6) is 0 Å². The maximum atomic E-state index is 11.9. The van der Waals surface area contributed by atoms with E-state index in [1.54, 1.807) is 6.92 Å². The molecule has 4 heterocycles. The number of urea groups is 1. The number of fused-ring (bicyclic) bond motifs is 1. The minimum Gasteiger partial charge on any atom is -0.377 e. The van der Waals surface area contributed by atoms with Gasteiger partial charge in [-0.05, 0) is 19.8 Å². The highest BCUT2D eigenvalue weighted by molar-refractivity contribution is 8.00. The highest BCUT2D eigenvalue weighted by atomic mass is 32.2. The maximum absolute atomic E-state index is 11.9. The second-order valence-electron chi connectivity index (χ2n) is 10.5. The van der Waals surface area contributed by atoms with Gasteiger partial charge in [-0.15, -0.1) is 0 Å². The summed E-state index contributed by atoms with van der Waals surface area (Å²) in [5, 5.41) is 11.8. The van der Waals surface area contributed by atoms with Crippen LogP contribution in [0.15, 0.2) is 24.3 Å². The van der Waals surface area contributed by atoms with E-state index in [9.17, 15) is 33.6 Å². The molecule has 4 aliphatic heterocycles. The lowest BCUT2D eigenvalue weighted by molar-refractivity contribution is -0.138. The molecule has 0 spiro atoms. The average Bonchev–Trinajstić information content (AvgIpc) is 3.75. The largest absolute Gasteiger partial charge is 0.377 e. The molecule has 2 fully saturated rings. The second kappa shape index (κ2) is 18.9. The molecule has 0 aromatic rings. The molecule has 16 heteroatoms. The summed E-state index contributed by atoms with van der Waals surface area (Å²) < 4.78 is 10.8. The maximum Gasteiger partial charge on any atom is 0.315 e. The van der Waals surface area contributed by atoms with Crippen molar-refractivity contribution in [2.75, 3.05) is 58.4 Å². The summed E-state index contributed by atoms with van der Waals surface area (Å²) in [5.41, 5.74) is 0. The SMILES string of the molecule is CCN1C(=O)C=CC1=O.O=C(CCCCC1SCC2NC(=O)NC21)NCCOCCOCCNC(=O)CCN1C(=O)C=CC1=O. The average molecular weight is 651 g/mol. The number of unbranched alkanes of at least 4 members (excludes halogenated alkanes) is 1. The number of hydrogen-bond acceptors (Lipinski definition) is 10. The molecule has 0 saturated carbocycles. The number of likely N-dealkylation sites (N-methyl/N-ethyl adjacent to an activating group) is 1. The summed E-state index contributed by atoms with van der Waals surface area (Å²) >= 11 is 1.88. The predicted octanol–water partition coefficient (Wildman–Crippen LogP) is -0.776. The van der Waals surface area contributed by atoms with Crippen LogP contribution >= 0.6 is 11.8 Å². The Morgan fingerprint density at radius 3 is 1.91 bits per heavy atom. The molecule has 15 nitrogen and oxygen atoms in total. The van der Waals surface area contributed by atoms with E-state index >= 15 is 0 Å². The Labute approximate surface area is 266 Å². The third-order valence-corrected chi connectivity index (χ3v) is 8.78. The highest BCUT2D eigenvalue weighted by Crippen LogP contribution is 2.33. The highest BCUT2D eigenvalue weighted by Gasteiger charge is 2.42. The Bertz CT molecular complexity index is 1130. The van der Waals surface area contributed by atoms with Gasteiger partial charge in [0.2, 0.25) is 11.8 Å². The van der Waals surface area contributed by atoms with Gasteiger partial charge in [-0.3, -0.25) is 38.6 Å². The monoisotopic (exact) mass is 650 g/mol. The number of thioether (sulfide) groups is 1. The summed E-state index contributed by atoms with van der Waals surface area (Å²) in [6.07, 6.45) is 8.23. The van der Waals surface area contributed by atoms with Crippen molar-refractivity contribution < 1.29 is 43.0 Å². The first-order chi connectivity index (χ1) is 21.7. The van der Waals surface area contributed by atoms with Gasteiger partial charge in [0.25, 0.3) is 23.6 Å². The number of imide groups is 2. The first-order valence-corrected chi connectivity index (χ1v) is 16.2. The zero-order chi connectivity index (χ0) is 32.6. The van der Waals surface area contributed by atoms with E-state index in [4.69, 9.17) is 9.47 Å². The second-order valence-corrected chi connectivity index (χ2v) is 11.7. The number of hydrogen-bond donors (Lipinski definition) is 4. The lowest BCUT2D eigenvalue weighted by atomic mass is 10.0. The molecule has 45 heavy (non-hydrogen) atoms. The number of carbonyl (C=O) groups excluding carboxylic acids is 7. The Hall–Kier alpha value is -3.76. The minimum atomic E-state index is -0.400. The van der Waals surface area contributed by atoms with E-state index in [2.05, 4.69) is 21.3 Å². The molecular weight excluding hydrogens is 608 g/mol. The van der Waals surface area contributed by atoms with Crippen molar-refractivity contribution in [1.29, 1.82) is 0 Å². The number of amides is 8. The Balaban J connectivity index is 0.000000525. The van der Waals surface area contributed by atoms with Crippen molar-refractivity contribution in [3.8, 4) is 0 Å². The van der Waals surface area contributed by atoms with Crippen LogP contribution in [0.25, 0.3) is 0 Å². The van der Waals surface area contributed by atoms with Crippen LogP contribution in [0.2, 0.25) is 0 Å². The quantitative estimate of drug-likeness (QED) is 0.0832. The van der Waals surface area contributed by atoms with Gasteiger partial charge in [0.1, 0.15) is 0 Å². The van der Waals surface area contributed by atoms with Crippen molar-refractivity contribution in [1.82, 2.24) is 31.1 Å². The fraction of sp³-hybridized carbons (Fsp3) is 0.621. The third kappa shape index (κ3) is 11.9. The van der Waals surface area contributed by atoms with Crippen LogP contribution in [0, 0.1) is 0 Å². The molecule has 2 saturated heterocycles. The molecule has 4 N–H and O–H groups in total. The van der Waals surface area contributed by atoms with Crippen molar-refractivity contribution in [3.63, 3.8) is 0 Å². The van der Waals surface area contributed by atoms with Crippen molar-refractivity contribution >= 4 is 53.2 Å². The fourth-order valence-corrected chi connectivity index (χ4v) is 6.45. The van der Waals surface area contributed by atoms with Gasteiger partial charge < -0.3 is 30.7 Å². The van der Waals surface area contributed by atoms with Gasteiger partial charge in [0.15, 0.2) is 0 Å². The first-order valence-electron chi connectivity index (χ1n) is 15.1. The van der Waals surface area contributed by atoms with Crippen LogP contribution in [0.3, 0.4) is 0 Å². The zero-order valence-corrected chi connectivity index (χ0v) is 26.2. The summed E-state index contributed by atoms with van der Waals surface area (Å²) in [7, 11) is 0. The molecule has 0 aliphatic carbocycles. The molecule has 4 rings (SSSR count). The first kappa shape index (κ1) is 35.7. The normalized spacial score (nSPS) is 21.5. The molecule has 0 bridgehead atoms. The van der Waals surface area contributed by atoms with Crippen molar-refractivity contribution in [2.45, 2.75) is 56.4 Å². The summed E-state index contributed by atoms with van der Waals surface area (Å²) in [6, 6.07) is 0.368. The Kier molecular flexibility index (Phi) is 15.0. The van der Waals surface area contributed by atoms with Crippen LogP contribution in [0.1, 0.15) is 39.0 Å². The van der Waals surface area contributed by atoms with Crippen LogP contribution in [-0.4, -0.2) is 127 Å². The summed E-state index contributed by atoms with van der Waals surface area (Å²) in [6.45, 7) is 4.50. The Morgan fingerprint density at radius 2 is 1.36 bits per heavy atom. The number of ether oxygens (including phenoxy) is 2. The smallest absolute Gasteiger partial charge is 0.315 e. The number of nitrogens with zero attached hydrogens (tertiary/aromatic N) is 2. The minimum absolute atomic E-state index is 0.00750. The van der Waals surface area contributed by atoms with Gasteiger partial charge in [0.05, 0.1) is 38.5 Å². The molecule has 4 aliphatic rings. The van der Waals surface area contributed by atoms with Crippen molar-refractivity contribution in [2.24, 2.45) is 0 Å². The van der Waals surface area contributed by atoms with E-state index in [0.717, 1.165) is 29.9 Å². The van der Waals surface area contributed by atoms with Gasteiger partial charge in [-0.1, -0.05) is 6.42 Å². The van der Waals surface area contributed by atoms with E-state index < -0.39 is 11.8 Å². The third-order valence-electron chi connectivity index (χ3n) is 7.27.